The van der Waals surface area contributed by atoms with Crippen molar-refractivity contribution in [2.75, 3.05) is 33.9 Å². The van der Waals surface area contributed by atoms with E-state index in [0.29, 0.717) is 17.6 Å². The quantitative estimate of drug-likeness (QED) is 0.582. The molecule has 0 atom stereocenters. The number of methoxy groups -OCH3 is 2. The molecule has 0 aliphatic carbocycles. The van der Waals surface area contributed by atoms with E-state index in [1.54, 1.807) is 20.4 Å². The number of piperidine rings is 1. The van der Waals surface area contributed by atoms with Gasteiger partial charge in [-0.1, -0.05) is 12.1 Å². The van der Waals surface area contributed by atoms with E-state index in [2.05, 4.69) is 29.8 Å². The minimum atomic E-state index is -0.192. The lowest BCUT2D eigenvalue weighted by Crippen LogP contribution is -2.47. The molecule has 1 aliphatic heterocycles. The standard InChI is InChI=1S/C26H33N5O2/c1-26(2,27)17-31-12-10-18(11-13-31)24-22(19-6-5-7-21(14-19)32-3)16-29-25(30-24)20-8-9-23(33-4)28-15-20/h5-9,14-16,18H,10-13,17,27H2,1-4H3. The van der Waals surface area contributed by atoms with Gasteiger partial charge in [0, 0.05) is 47.6 Å². The zero-order chi connectivity index (χ0) is 23.4. The first-order valence-corrected chi connectivity index (χ1v) is 11.4. The molecule has 1 fully saturated rings. The molecule has 1 aromatic carbocycles. The zero-order valence-electron chi connectivity index (χ0n) is 19.9. The first-order chi connectivity index (χ1) is 15.9. The fourth-order valence-electron chi connectivity index (χ4n) is 4.43. The Morgan fingerprint density at radius 1 is 1.00 bits per heavy atom. The predicted molar refractivity (Wildman–Crippen MR) is 130 cm³/mol. The molecule has 7 nitrogen and oxygen atoms in total. The van der Waals surface area contributed by atoms with Crippen LogP contribution >= 0.6 is 0 Å². The van der Waals surface area contributed by atoms with Crippen molar-refractivity contribution in [2.45, 2.75) is 38.1 Å². The smallest absolute Gasteiger partial charge is 0.212 e. The Morgan fingerprint density at radius 2 is 1.79 bits per heavy atom. The Labute approximate surface area is 196 Å². The summed E-state index contributed by atoms with van der Waals surface area (Å²) in [4.78, 5) is 16.6. The van der Waals surface area contributed by atoms with Crippen molar-refractivity contribution in [2.24, 2.45) is 5.73 Å². The third-order valence-corrected chi connectivity index (χ3v) is 6.01. The highest BCUT2D eigenvalue weighted by atomic mass is 16.5. The monoisotopic (exact) mass is 447 g/mol. The maximum atomic E-state index is 6.26. The third kappa shape index (κ3) is 5.67. The molecular formula is C26H33N5O2. The number of pyridine rings is 1. The van der Waals surface area contributed by atoms with E-state index in [0.717, 1.165) is 60.6 Å². The molecule has 3 aromatic rings. The van der Waals surface area contributed by atoms with Crippen LogP contribution in [0, 0.1) is 0 Å². The molecule has 1 saturated heterocycles. The van der Waals surface area contributed by atoms with Crippen LogP contribution in [0.15, 0.2) is 48.8 Å². The van der Waals surface area contributed by atoms with Crippen LogP contribution in [0.2, 0.25) is 0 Å². The average molecular weight is 448 g/mol. The molecule has 2 aromatic heterocycles. The first kappa shape index (κ1) is 23.1. The van der Waals surface area contributed by atoms with Gasteiger partial charge in [0.2, 0.25) is 5.88 Å². The van der Waals surface area contributed by atoms with Gasteiger partial charge in [0.05, 0.1) is 19.9 Å². The van der Waals surface area contributed by atoms with E-state index < -0.39 is 0 Å². The van der Waals surface area contributed by atoms with E-state index in [1.807, 2.05) is 36.5 Å². The van der Waals surface area contributed by atoms with Crippen molar-refractivity contribution in [1.82, 2.24) is 19.9 Å². The Morgan fingerprint density at radius 3 is 2.42 bits per heavy atom. The second-order valence-electron chi connectivity index (χ2n) is 9.35. The molecule has 0 amide bonds. The number of hydrogen-bond acceptors (Lipinski definition) is 7. The minimum absolute atomic E-state index is 0.192. The molecule has 7 heteroatoms. The largest absolute Gasteiger partial charge is 0.497 e. The van der Waals surface area contributed by atoms with Crippen molar-refractivity contribution in [1.29, 1.82) is 0 Å². The third-order valence-electron chi connectivity index (χ3n) is 6.01. The van der Waals surface area contributed by atoms with E-state index in [-0.39, 0.29) is 5.54 Å². The molecule has 0 spiro atoms. The molecule has 4 rings (SSSR count). The molecule has 33 heavy (non-hydrogen) atoms. The maximum Gasteiger partial charge on any atom is 0.212 e. The Kier molecular flexibility index (Phi) is 6.91. The zero-order valence-corrected chi connectivity index (χ0v) is 19.9. The number of rotatable bonds is 7. The van der Waals surface area contributed by atoms with E-state index in [4.69, 9.17) is 25.2 Å². The van der Waals surface area contributed by atoms with Crippen LogP contribution in [0.3, 0.4) is 0 Å². The number of nitrogens with two attached hydrogens (primary N) is 1. The lowest BCUT2D eigenvalue weighted by molar-refractivity contribution is 0.178. The van der Waals surface area contributed by atoms with Crippen molar-refractivity contribution < 1.29 is 9.47 Å². The number of hydrogen-bond donors (Lipinski definition) is 1. The molecule has 2 N–H and O–H groups in total. The Bertz CT molecular complexity index is 1070. The van der Waals surface area contributed by atoms with Crippen LogP contribution in [0.5, 0.6) is 11.6 Å². The van der Waals surface area contributed by atoms with Gasteiger partial charge in [-0.25, -0.2) is 15.0 Å². The van der Waals surface area contributed by atoms with Crippen LogP contribution in [0.25, 0.3) is 22.5 Å². The van der Waals surface area contributed by atoms with Crippen LogP contribution in [-0.2, 0) is 0 Å². The second kappa shape index (κ2) is 9.85. The maximum absolute atomic E-state index is 6.26. The average Bonchev–Trinajstić information content (AvgIpc) is 2.83. The summed E-state index contributed by atoms with van der Waals surface area (Å²) in [7, 11) is 3.29. The molecule has 0 radical (unpaired) electrons. The SMILES string of the molecule is COc1cccc(-c2cnc(-c3ccc(OC)nc3)nc2C2CCN(CC(C)(C)N)CC2)c1. The van der Waals surface area contributed by atoms with Crippen LogP contribution in [0.1, 0.15) is 38.3 Å². The van der Waals surface area contributed by atoms with Gasteiger partial charge in [0.1, 0.15) is 5.75 Å². The van der Waals surface area contributed by atoms with Gasteiger partial charge in [0.25, 0.3) is 0 Å². The number of benzene rings is 1. The molecule has 1 aliphatic rings. The highest BCUT2D eigenvalue weighted by molar-refractivity contribution is 5.69. The van der Waals surface area contributed by atoms with Crippen LogP contribution in [0.4, 0.5) is 0 Å². The fourth-order valence-corrected chi connectivity index (χ4v) is 4.43. The van der Waals surface area contributed by atoms with E-state index >= 15 is 0 Å². The van der Waals surface area contributed by atoms with Gasteiger partial charge in [-0.2, -0.15) is 0 Å². The van der Waals surface area contributed by atoms with Crippen molar-refractivity contribution in [3.05, 3.63) is 54.5 Å². The van der Waals surface area contributed by atoms with Crippen molar-refractivity contribution in [3.8, 4) is 34.1 Å². The highest BCUT2D eigenvalue weighted by Crippen LogP contribution is 2.36. The van der Waals surface area contributed by atoms with Gasteiger partial charge in [-0.15, -0.1) is 0 Å². The van der Waals surface area contributed by atoms with E-state index in [1.165, 1.54) is 0 Å². The lowest BCUT2D eigenvalue weighted by Gasteiger charge is -2.36. The normalized spacial score (nSPS) is 15.4. The van der Waals surface area contributed by atoms with Gasteiger partial charge >= 0.3 is 0 Å². The summed E-state index contributed by atoms with van der Waals surface area (Å²) in [6.45, 7) is 7.08. The fraction of sp³-hybridized carbons (Fsp3) is 0.423. The van der Waals surface area contributed by atoms with E-state index in [9.17, 15) is 0 Å². The number of ether oxygens (including phenoxy) is 2. The number of aromatic nitrogens is 3. The van der Waals surface area contributed by atoms with Crippen molar-refractivity contribution >= 4 is 0 Å². The van der Waals surface area contributed by atoms with Gasteiger partial charge in [0.15, 0.2) is 5.82 Å². The summed E-state index contributed by atoms with van der Waals surface area (Å²) in [5.41, 5.74) is 10.1. The predicted octanol–water partition coefficient (Wildman–Crippen LogP) is 4.14. The highest BCUT2D eigenvalue weighted by Gasteiger charge is 2.27. The summed E-state index contributed by atoms with van der Waals surface area (Å²) in [6, 6.07) is 11.9. The summed E-state index contributed by atoms with van der Waals surface area (Å²) in [5, 5.41) is 0. The number of nitrogens with zero attached hydrogens (tertiary/aromatic N) is 4. The minimum Gasteiger partial charge on any atom is -0.497 e. The summed E-state index contributed by atoms with van der Waals surface area (Å²) in [5.74, 6) is 2.41. The topological polar surface area (TPSA) is 86.4 Å². The Balaban J connectivity index is 1.68. The molecule has 0 unspecified atom stereocenters. The molecular weight excluding hydrogens is 414 g/mol. The summed E-state index contributed by atoms with van der Waals surface area (Å²) >= 11 is 0. The number of likely N-dealkylation sites (tertiary alicyclic amines) is 1. The van der Waals surface area contributed by atoms with Gasteiger partial charge in [-0.3, -0.25) is 0 Å². The van der Waals surface area contributed by atoms with Crippen LogP contribution < -0.4 is 15.2 Å². The van der Waals surface area contributed by atoms with Gasteiger partial charge < -0.3 is 20.1 Å². The first-order valence-electron chi connectivity index (χ1n) is 11.4. The summed E-state index contributed by atoms with van der Waals surface area (Å²) in [6.07, 6.45) is 5.76. The summed E-state index contributed by atoms with van der Waals surface area (Å²) < 4.78 is 10.6. The van der Waals surface area contributed by atoms with Gasteiger partial charge in [-0.05, 0) is 63.5 Å². The van der Waals surface area contributed by atoms with Crippen molar-refractivity contribution in [3.63, 3.8) is 0 Å². The Hall–Kier alpha value is -3.03. The van der Waals surface area contributed by atoms with Crippen LogP contribution in [-0.4, -0.2) is 59.2 Å². The molecule has 0 bridgehead atoms. The molecule has 0 saturated carbocycles. The molecule has 174 valence electrons. The lowest BCUT2D eigenvalue weighted by atomic mass is 9.88. The second-order valence-corrected chi connectivity index (χ2v) is 9.35. The molecule has 3 heterocycles.